The van der Waals surface area contributed by atoms with Crippen LogP contribution in [-0.2, 0) is 11.2 Å². The summed E-state index contributed by atoms with van der Waals surface area (Å²) in [5, 5.41) is 16.1. The van der Waals surface area contributed by atoms with Gasteiger partial charge in [-0.05, 0) is 73.8 Å². The van der Waals surface area contributed by atoms with Gasteiger partial charge in [0.25, 0.3) is 5.91 Å². The molecule has 2 aromatic rings. The maximum atomic E-state index is 12.6. The maximum Gasteiger partial charge on any atom is 0.269 e. The number of pyridine rings is 1. The summed E-state index contributed by atoms with van der Waals surface area (Å²) in [6, 6.07) is 7.77. The highest BCUT2D eigenvalue weighted by Crippen LogP contribution is 2.43. The normalized spacial score (nSPS) is 22.2. The lowest BCUT2D eigenvalue weighted by Gasteiger charge is -2.39. The Morgan fingerprint density at radius 1 is 1.09 bits per heavy atom. The Morgan fingerprint density at radius 3 is 2.66 bits per heavy atom. The molecule has 0 radical (unpaired) electrons. The molecular formula is C25H30ClN3O3. The van der Waals surface area contributed by atoms with Crippen LogP contribution >= 0.6 is 11.6 Å². The van der Waals surface area contributed by atoms with Gasteiger partial charge in [0.05, 0.1) is 6.42 Å². The number of anilines is 1. The third-order valence-corrected chi connectivity index (χ3v) is 6.97. The number of hydrogen-bond acceptors (Lipinski definition) is 4. The Labute approximate surface area is 193 Å². The van der Waals surface area contributed by atoms with Gasteiger partial charge in [0.15, 0.2) is 0 Å². The van der Waals surface area contributed by atoms with E-state index in [0.29, 0.717) is 28.7 Å². The van der Waals surface area contributed by atoms with E-state index in [1.54, 1.807) is 24.3 Å². The Bertz CT molecular complexity index is 969. The minimum absolute atomic E-state index is 0.0148. The van der Waals surface area contributed by atoms with Crippen molar-refractivity contribution in [3.05, 3.63) is 52.8 Å². The van der Waals surface area contributed by atoms with Crippen molar-refractivity contribution in [3.8, 4) is 5.75 Å². The van der Waals surface area contributed by atoms with Crippen LogP contribution in [0.2, 0.25) is 5.02 Å². The molecule has 2 bridgehead atoms. The van der Waals surface area contributed by atoms with Crippen molar-refractivity contribution >= 4 is 29.1 Å². The first-order chi connectivity index (χ1) is 15.5. The van der Waals surface area contributed by atoms with Crippen molar-refractivity contribution in [2.75, 3.05) is 11.9 Å². The van der Waals surface area contributed by atoms with Gasteiger partial charge in [-0.1, -0.05) is 30.9 Å². The van der Waals surface area contributed by atoms with Crippen LogP contribution in [0, 0.1) is 17.8 Å². The Balaban J connectivity index is 1.27. The summed E-state index contributed by atoms with van der Waals surface area (Å²) in [5.74, 6) is 1.95. The van der Waals surface area contributed by atoms with E-state index in [0.717, 1.165) is 18.3 Å². The molecule has 1 heterocycles. The van der Waals surface area contributed by atoms with E-state index in [-0.39, 0.29) is 29.7 Å². The zero-order chi connectivity index (χ0) is 22.5. The molecule has 2 unspecified atom stereocenters. The van der Waals surface area contributed by atoms with E-state index < -0.39 is 0 Å². The first-order valence-electron chi connectivity index (χ1n) is 11.5. The molecule has 0 spiro atoms. The van der Waals surface area contributed by atoms with Gasteiger partial charge < -0.3 is 15.7 Å². The van der Waals surface area contributed by atoms with Crippen molar-refractivity contribution in [3.63, 3.8) is 0 Å². The average molecular weight is 456 g/mol. The van der Waals surface area contributed by atoms with Gasteiger partial charge in [-0.25, -0.2) is 0 Å². The number of carbonyl (C=O) groups excluding carboxylic acids is 2. The lowest BCUT2D eigenvalue weighted by molar-refractivity contribution is -0.115. The predicted octanol–water partition coefficient (Wildman–Crippen LogP) is 4.96. The molecule has 1 aromatic heterocycles. The number of amides is 2. The summed E-state index contributed by atoms with van der Waals surface area (Å²) >= 11 is 5.94. The van der Waals surface area contributed by atoms with Gasteiger partial charge in [-0.15, -0.1) is 0 Å². The van der Waals surface area contributed by atoms with Crippen LogP contribution in [-0.4, -0.2) is 28.4 Å². The highest BCUT2D eigenvalue weighted by atomic mass is 35.5. The topological polar surface area (TPSA) is 91.3 Å². The number of nitrogens with zero attached hydrogens (tertiary/aromatic N) is 1. The second kappa shape index (κ2) is 10.3. The minimum Gasteiger partial charge on any atom is -0.508 e. The average Bonchev–Trinajstić information content (AvgIpc) is 2.76. The van der Waals surface area contributed by atoms with Gasteiger partial charge in [0.2, 0.25) is 5.91 Å². The second-order valence-corrected chi connectivity index (χ2v) is 9.64. The second-order valence-electron chi connectivity index (χ2n) is 9.21. The molecule has 2 saturated carbocycles. The number of hydrogen-bond donors (Lipinski definition) is 3. The Kier molecular flexibility index (Phi) is 7.30. The number of aromatic nitrogens is 1. The van der Waals surface area contributed by atoms with Crippen molar-refractivity contribution in [2.45, 2.75) is 51.4 Å². The molecule has 2 aliphatic carbocycles. The quantitative estimate of drug-likeness (QED) is 0.550. The van der Waals surface area contributed by atoms with Crippen molar-refractivity contribution in [2.24, 2.45) is 17.8 Å². The molecule has 4 rings (SSSR count). The summed E-state index contributed by atoms with van der Waals surface area (Å²) in [5.41, 5.74) is 1.19. The summed E-state index contributed by atoms with van der Waals surface area (Å²) < 4.78 is 0. The molecule has 1 aromatic carbocycles. The molecule has 2 fully saturated rings. The number of benzene rings is 1. The van der Waals surface area contributed by atoms with Gasteiger partial charge in [0.1, 0.15) is 11.4 Å². The lowest BCUT2D eigenvalue weighted by atomic mass is 9.67. The molecule has 32 heavy (non-hydrogen) atoms. The fraction of sp³-hybridized carbons (Fsp3) is 0.480. The molecule has 2 atom stereocenters. The number of aromatic hydroxyl groups is 1. The van der Waals surface area contributed by atoms with E-state index in [4.69, 9.17) is 11.6 Å². The minimum atomic E-state index is -0.317. The predicted molar refractivity (Wildman–Crippen MR) is 125 cm³/mol. The van der Waals surface area contributed by atoms with Gasteiger partial charge in [0, 0.05) is 29.0 Å². The van der Waals surface area contributed by atoms with Gasteiger partial charge >= 0.3 is 0 Å². The highest BCUT2D eigenvalue weighted by molar-refractivity contribution is 6.30. The summed E-state index contributed by atoms with van der Waals surface area (Å²) in [4.78, 5) is 29.1. The van der Waals surface area contributed by atoms with Gasteiger partial charge in [-0.3, -0.25) is 14.6 Å². The molecule has 0 saturated heterocycles. The molecule has 3 N–H and O–H groups in total. The number of phenolic OH excluding ortho intramolecular Hbond substituents is 1. The lowest BCUT2D eigenvalue weighted by Crippen LogP contribution is -2.31. The first-order valence-corrected chi connectivity index (χ1v) is 11.9. The molecule has 170 valence electrons. The van der Waals surface area contributed by atoms with Crippen LogP contribution in [0.4, 0.5) is 5.69 Å². The van der Waals surface area contributed by atoms with E-state index in [9.17, 15) is 14.7 Å². The number of phenols is 1. The van der Waals surface area contributed by atoms with Crippen LogP contribution < -0.4 is 10.6 Å². The van der Waals surface area contributed by atoms with Crippen LogP contribution in [0.25, 0.3) is 0 Å². The van der Waals surface area contributed by atoms with Crippen LogP contribution in [0.1, 0.15) is 61.0 Å². The summed E-state index contributed by atoms with van der Waals surface area (Å²) in [6.45, 7) is 0.648. The molecule has 6 nitrogen and oxygen atoms in total. The molecule has 2 amide bonds. The fourth-order valence-corrected chi connectivity index (χ4v) is 5.49. The molecule has 2 aliphatic rings. The fourth-order valence-electron chi connectivity index (χ4n) is 5.29. The summed E-state index contributed by atoms with van der Waals surface area (Å²) in [6.07, 6.45) is 10.6. The van der Waals surface area contributed by atoms with E-state index >= 15 is 0 Å². The Hall–Kier alpha value is -2.60. The van der Waals surface area contributed by atoms with E-state index in [1.807, 2.05) is 0 Å². The molecular weight excluding hydrogens is 426 g/mol. The maximum absolute atomic E-state index is 12.6. The summed E-state index contributed by atoms with van der Waals surface area (Å²) in [7, 11) is 0. The standard InChI is InChI=1S/C25H30ClN3O3/c26-20-4-5-23(30)19(13-20)14-24(31)29-21-7-9-27-22(15-21)25(32)28-8-6-18-11-16-2-1-3-17(10-16)12-18/h4-5,7,9,13,15-18,30H,1-3,6,8,10-12,14H2,(H,28,32)(H,27,29,31). The van der Waals surface area contributed by atoms with Gasteiger partial charge in [-0.2, -0.15) is 0 Å². The third kappa shape index (κ3) is 6.00. The SMILES string of the molecule is O=C(Cc1cc(Cl)ccc1O)Nc1ccnc(C(=O)NCCC2CC3CCCC(C3)C2)c1. The zero-order valence-electron chi connectivity index (χ0n) is 18.1. The third-order valence-electron chi connectivity index (χ3n) is 6.73. The first kappa shape index (κ1) is 22.6. The zero-order valence-corrected chi connectivity index (χ0v) is 18.9. The van der Waals surface area contributed by atoms with Crippen LogP contribution in [0.5, 0.6) is 5.75 Å². The number of nitrogens with one attached hydrogen (secondary N) is 2. The van der Waals surface area contributed by atoms with Crippen molar-refractivity contribution in [1.82, 2.24) is 10.3 Å². The number of fused-ring (bicyclic) bond motifs is 2. The molecule has 7 heteroatoms. The molecule has 0 aliphatic heterocycles. The highest BCUT2D eigenvalue weighted by Gasteiger charge is 2.31. The smallest absolute Gasteiger partial charge is 0.269 e. The van der Waals surface area contributed by atoms with E-state index in [1.165, 1.54) is 50.8 Å². The largest absolute Gasteiger partial charge is 0.508 e. The number of halogens is 1. The Morgan fingerprint density at radius 2 is 1.88 bits per heavy atom. The van der Waals surface area contributed by atoms with Crippen molar-refractivity contribution in [1.29, 1.82) is 0 Å². The number of carbonyl (C=O) groups is 2. The number of rotatable bonds is 7. The van der Waals surface area contributed by atoms with Crippen LogP contribution in [0.15, 0.2) is 36.5 Å². The monoisotopic (exact) mass is 455 g/mol. The van der Waals surface area contributed by atoms with Crippen molar-refractivity contribution < 1.29 is 14.7 Å². The van der Waals surface area contributed by atoms with E-state index in [2.05, 4.69) is 15.6 Å². The van der Waals surface area contributed by atoms with Crippen LogP contribution in [0.3, 0.4) is 0 Å².